The van der Waals surface area contributed by atoms with E-state index in [2.05, 4.69) is 0 Å². The Morgan fingerprint density at radius 3 is 2.45 bits per heavy atom. The van der Waals surface area contributed by atoms with E-state index in [4.69, 9.17) is 5.73 Å². The van der Waals surface area contributed by atoms with Crippen LogP contribution in [0.3, 0.4) is 0 Å². The van der Waals surface area contributed by atoms with Crippen LogP contribution in [0.5, 0.6) is 0 Å². The summed E-state index contributed by atoms with van der Waals surface area (Å²) in [7, 11) is 0. The summed E-state index contributed by atoms with van der Waals surface area (Å²) in [5, 5.41) is 0. The second-order valence-corrected chi connectivity index (χ2v) is 3.67. The van der Waals surface area contributed by atoms with Crippen molar-refractivity contribution in [1.82, 2.24) is 4.90 Å². The van der Waals surface area contributed by atoms with Gasteiger partial charge in [-0.1, -0.05) is 0 Å². The zero-order valence-electron chi connectivity index (χ0n) is 6.68. The minimum Gasteiger partial charge on any atom is -0.351 e. The molecule has 1 saturated heterocycles. The van der Waals surface area contributed by atoms with Crippen molar-refractivity contribution in [2.45, 2.75) is 37.6 Å². The summed E-state index contributed by atoms with van der Waals surface area (Å²) in [6, 6.07) is -0.220. The van der Waals surface area contributed by atoms with Crippen molar-refractivity contribution < 1.29 is 4.79 Å². The number of rotatable bonds is 0. The number of urea groups is 1. The largest absolute Gasteiger partial charge is 0.351 e. The van der Waals surface area contributed by atoms with E-state index < -0.39 is 0 Å². The zero-order valence-corrected chi connectivity index (χ0v) is 6.68. The Balaban J connectivity index is 2.10. The van der Waals surface area contributed by atoms with Crippen molar-refractivity contribution in [2.24, 2.45) is 5.73 Å². The molecule has 2 rings (SSSR count). The number of carbonyl (C=O) groups excluding carboxylic acids is 1. The fourth-order valence-electron chi connectivity index (χ4n) is 2.10. The molecule has 1 aliphatic carbocycles. The lowest BCUT2D eigenvalue weighted by atomic mass is 10.0. The van der Waals surface area contributed by atoms with Crippen LogP contribution in [0.2, 0.25) is 0 Å². The van der Waals surface area contributed by atoms with Gasteiger partial charge in [0.05, 0.1) is 0 Å². The lowest BCUT2D eigenvalue weighted by molar-refractivity contribution is 0.148. The van der Waals surface area contributed by atoms with Crippen molar-refractivity contribution in [3.05, 3.63) is 0 Å². The summed E-state index contributed by atoms with van der Waals surface area (Å²) in [6.45, 7) is 0.884. The lowest BCUT2D eigenvalue weighted by Gasteiger charge is -2.34. The summed E-state index contributed by atoms with van der Waals surface area (Å²) in [6.07, 6.45) is 5.93. The minimum atomic E-state index is -0.220. The van der Waals surface area contributed by atoms with Gasteiger partial charge in [0.1, 0.15) is 0 Å². The Morgan fingerprint density at radius 1 is 1.27 bits per heavy atom. The van der Waals surface area contributed by atoms with Crippen LogP contribution in [0.25, 0.3) is 0 Å². The summed E-state index contributed by atoms with van der Waals surface area (Å²) >= 11 is 0. The highest BCUT2D eigenvalue weighted by Crippen LogP contribution is 2.47. The van der Waals surface area contributed by atoms with Gasteiger partial charge in [-0.05, 0) is 32.1 Å². The van der Waals surface area contributed by atoms with Gasteiger partial charge >= 0.3 is 6.03 Å². The minimum absolute atomic E-state index is 0.220. The van der Waals surface area contributed by atoms with Crippen LogP contribution in [0, 0.1) is 0 Å². The number of amides is 2. The van der Waals surface area contributed by atoms with Gasteiger partial charge in [0.25, 0.3) is 0 Å². The average molecular weight is 154 g/mol. The number of piperidine rings is 1. The molecule has 2 amide bonds. The van der Waals surface area contributed by atoms with Crippen LogP contribution in [-0.4, -0.2) is 23.0 Å². The predicted molar refractivity (Wildman–Crippen MR) is 42.1 cm³/mol. The Kier molecular flexibility index (Phi) is 1.34. The van der Waals surface area contributed by atoms with Crippen molar-refractivity contribution in [1.29, 1.82) is 0 Å². The molecule has 0 aromatic carbocycles. The molecule has 0 atom stereocenters. The third-order valence-corrected chi connectivity index (χ3v) is 2.94. The number of carbonyl (C=O) groups is 1. The predicted octanol–water partition coefficient (Wildman–Crippen LogP) is 1.08. The molecule has 1 heterocycles. The number of nitrogens with zero attached hydrogens (tertiary/aromatic N) is 1. The van der Waals surface area contributed by atoms with Gasteiger partial charge in [-0.3, -0.25) is 0 Å². The monoisotopic (exact) mass is 154 g/mol. The highest BCUT2D eigenvalue weighted by atomic mass is 16.2. The fourth-order valence-corrected chi connectivity index (χ4v) is 2.10. The van der Waals surface area contributed by atoms with Gasteiger partial charge in [0.2, 0.25) is 0 Å². The van der Waals surface area contributed by atoms with E-state index in [0.717, 1.165) is 13.0 Å². The Morgan fingerprint density at radius 2 is 2.00 bits per heavy atom. The number of hydrogen-bond donors (Lipinski definition) is 1. The second-order valence-electron chi connectivity index (χ2n) is 3.67. The molecular weight excluding hydrogens is 140 g/mol. The smallest absolute Gasteiger partial charge is 0.315 e. The molecule has 1 spiro atoms. The van der Waals surface area contributed by atoms with E-state index in [9.17, 15) is 4.79 Å². The molecular formula is C8H14N2O. The molecule has 0 bridgehead atoms. The Hall–Kier alpha value is -0.730. The average Bonchev–Trinajstić information content (AvgIpc) is 2.70. The maximum absolute atomic E-state index is 11.0. The molecule has 0 radical (unpaired) electrons. The van der Waals surface area contributed by atoms with Gasteiger partial charge in [-0.2, -0.15) is 0 Å². The number of hydrogen-bond acceptors (Lipinski definition) is 1. The number of nitrogens with two attached hydrogens (primary N) is 1. The first-order valence-corrected chi connectivity index (χ1v) is 4.32. The number of likely N-dealkylation sites (tertiary alicyclic amines) is 1. The summed E-state index contributed by atoms with van der Waals surface area (Å²) in [5.41, 5.74) is 5.50. The first kappa shape index (κ1) is 6.95. The quantitative estimate of drug-likeness (QED) is 0.557. The van der Waals surface area contributed by atoms with Crippen molar-refractivity contribution in [3.8, 4) is 0 Å². The standard InChI is InChI=1S/C8H14N2O/c9-7(11)10-6-2-1-3-8(10)4-5-8/h1-6H2,(H2,9,11). The first-order chi connectivity index (χ1) is 5.25. The molecule has 1 saturated carbocycles. The fraction of sp³-hybridized carbons (Fsp3) is 0.875. The molecule has 2 aliphatic rings. The van der Waals surface area contributed by atoms with E-state index in [-0.39, 0.29) is 11.6 Å². The van der Waals surface area contributed by atoms with Crippen LogP contribution in [0.4, 0.5) is 4.79 Å². The van der Waals surface area contributed by atoms with Gasteiger partial charge in [0, 0.05) is 12.1 Å². The Bertz CT molecular complexity index is 187. The van der Waals surface area contributed by atoms with E-state index in [1.807, 2.05) is 4.90 Å². The summed E-state index contributed by atoms with van der Waals surface area (Å²) < 4.78 is 0. The molecule has 3 nitrogen and oxygen atoms in total. The van der Waals surface area contributed by atoms with Gasteiger partial charge in [-0.15, -0.1) is 0 Å². The third-order valence-electron chi connectivity index (χ3n) is 2.94. The molecule has 11 heavy (non-hydrogen) atoms. The van der Waals surface area contributed by atoms with Crippen LogP contribution >= 0.6 is 0 Å². The second kappa shape index (κ2) is 2.13. The highest BCUT2D eigenvalue weighted by Gasteiger charge is 2.50. The highest BCUT2D eigenvalue weighted by molar-refractivity contribution is 5.73. The van der Waals surface area contributed by atoms with Crippen LogP contribution in [-0.2, 0) is 0 Å². The van der Waals surface area contributed by atoms with Crippen molar-refractivity contribution in [2.75, 3.05) is 6.54 Å². The van der Waals surface area contributed by atoms with Gasteiger partial charge in [-0.25, -0.2) is 4.79 Å². The maximum Gasteiger partial charge on any atom is 0.315 e. The zero-order chi connectivity index (χ0) is 7.90. The van der Waals surface area contributed by atoms with E-state index in [1.165, 1.54) is 25.7 Å². The molecule has 1 aliphatic heterocycles. The molecule has 2 N–H and O–H groups in total. The van der Waals surface area contributed by atoms with Crippen molar-refractivity contribution >= 4 is 6.03 Å². The molecule has 0 aromatic rings. The molecule has 0 unspecified atom stereocenters. The van der Waals surface area contributed by atoms with E-state index >= 15 is 0 Å². The van der Waals surface area contributed by atoms with Crippen LogP contribution < -0.4 is 5.73 Å². The molecule has 3 heteroatoms. The van der Waals surface area contributed by atoms with Crippen LogP contribution in [0.1, 0.15) is 32.1 Å². The topological polar surface area (TPSA) is 46.3 Å². The normalized spacial score (nSPS) is 27.1. The molecule has 62 valence electrons. The van der Waals surface area contributed by atoms with Crippen LogP contribution in [0.15, 0.2) is 0 Å². The van der Waals surface area contributed by atoms with Gasteiger partial charge in [0.15, 0.2) is 0 Å². The SMILES string of the molecule is NC(=O)N1CCCCC12CC2. The first-order valence-electron chi connectivity index (χ1n) is 4.32. The summed E-state index contributed by atoms with van der Waals surface area (Å²) in [4.78, 5) is 12.8. The third kappa shape index (κ3) is 0.988. The van der Waals surface area contributed by atoms with Gasteiger partial charge < -0.3 is 10.6 Å². The lowest BCUT2D eigenvalue weighted by Crippen LogP contribution is -2.48. The Labute approximate surface area is 66.5 Å². The molecule has 2 fully saturated rings. The molecule has 0 aromatic heterocycles. The maximum atomic E-state index is 11.0. The van der Waals surface area contributed by atoms with E-state index in [0.29, 0.717) is 0 Å². The number of primary amides is 1. The summed E-state index contributed by atoms with van der Waals surface area (Å²) in [5.74, 6) is 0. The van der Waals surface area contributed by atoms with E-state index in [1.54, 1.807) is 0 Å². The van der Waals surface area contributed by atoms with Crippen molar-refractivity contribution in [3.63, 3.8) is 0 Å².